The zero-order valence-corrected chi connectivity index (χ0v) is 13.6. The monoisotopic (exact) mass is 316 g/mol. The standard InChI is InChI=1S/C17H20N2O4/c1-10-14-13(15(11(2)18-10)17(21)22-3)6-7-19(16(14)20)9-12-5-4-8-23-12/h6-7,12H,4-5,8-9H2,1-3H3. The van der Waals surface area contributed by atoms with Crippen molar-refractivity contribution in [1.82, 2.24) is 9.55 Å². The molecule has 6 heteroatoms. The third kappa shape index (κ3) is 2.74. The molecule has 1 unspecified atom stereocenters. The molecule has 23 heavy (non-hydrogen) atoms. The molecule has 0 amide bonds. The molecule has 1 saturated heterocycles. The fraction of sp³-hybridized carbons (Fsp3) is 0.471. The van der Waals surface area contributed by atoms with Crippen molar-refractivity contribution in [2.75, 3.05) is 13.7 Å². The number of rotatable bonds is 3. The first-order chi connectivity index (χ1) is 11.0. The Balaban J connectivity index is 2.17. The van der Waals surface area contributed by atoms with Crippen molar-refractivity contribution in [2.24, 2.45) is 0 Å². The van der Waals surface area contributed by atoms with Crippen LogP contribution in [0.1, 0.15) is 34.6 Å². The van der Waals surface area contributed by atoms with Gasteiger partial charge in [0.25, 0.3) is 5.56 Å². The number of esters is 1. The molecule has 1 aliphatic heterocycles. The van der Waals surface area contributed by atoms with Gasteiger partial charge in [-0.05, 0) is 32.8 Å². The van der Waals surface area contributed by atoms with Gasteiger partial charge in [0.05, 0.1) is 42.1 Å². The highest BCUT2D eigenvalue weighted by molar-refractivity contribution is 6.05. The maximum absolute atomic E-state index is 12.8. The van der Waals surface area contributed by atoms with Gasteiger partial charge in [0, 0.05) is 18.2 Å². The zero-order chi connectivity index (χ0) is 16.6. The minimum absolute atomic E-state index is 0.0731. The summed E-state index contributed by atoms with van der Waals surface area (Å²) < 4.78 is 12.1. The number of pyridine rings is 2. The minimum atomic E-state index is -0.476. The van der Waals surface area contributed by atoms with Crippen LogP contribution in [0, 0.1) is 13.8 Å². The molecule has 122 valence electrons. The van der Waals surface area contributed by atoms with Crippen molar-refractivity contribution >= 4 is 16.7 Å². The van der Waals surface area contributed by atoms with Gasteiger partial charge in [-0.1, -0.05) is 0 Å². The highest BCUT2D eigenvalue weighted by Gasteiger charge is 2.21. The normalized spacial score (nSPS) is 17.6. The smallest absolute Gasteiger partial charge is 0.340 e. The molecule has 0 N–H and O–H groups in total. The predicted octanol–water partition coefficient (Wildman–Crippen LogP) is 1.98. The maximum atomic E-state index is 12.8. The molecule has 0 radical (unpaired) electrons. The van der Waals surface area contributed by atoms with E-state index in [-0.39, 0.29) is 11.7 Å². The van der Waals surface area contributed by atoms with E-state index in [1.807, 2.05) is 0 Å². The van der Waals surface area contributed by atoms with Crippen LogP contribution >= 0.6 is 0 Å². The Labute approximate surface area is 134 Å². The van der Waals surface area contributed by atoms with E-state index < -0.39 is 5.97 Å². The van der Waals surface area contributed by atoms with Gasteiger partial charge in [-0.25, -0.2) is 4.79 Å². The Kier molecular flexibility index (Phi) is 4.17. The van der Waals surface area contributed by atoms with Gasteiger partial charge in [0.15, 0.2) is 0 Å². The lowest BCUT2D eigenvalue weighted by molar-refractivity contribution is 0.0601. The highest BCUT2D eigenvalue weighted by Crippen LogP contribution is 2.22. The first-order valence-electron chi connectivity index (χ1n) is 7.73. The number of hydrogen-bond donors (Lipinski definition) is 0. The quantitative estimate of drug-likeness (QED) is 0.810. The maximum Gasteiger partial charge on any atom is 0.340 e. The molecule has 3 rings (SSSR count). The average Bonchev–Trinajstić information content (AvgIpc) is 3.02. The summed E-state index contributed by atoms with van der Waals surface area (Å²) in [5.41, 5.74) is 1.40. The van der Waals surface area contributed by atoms with Crippen molar-refractivity contribution < 1.29 is 14.3 Å². The molecule has 1 aliphatic rings. The summed E-state index contributed by atoms with van der Waals surface area (Å²) in [6.07, 6.45) is 3.78. The highest BCUT2D eigenvalue weighted by atomic mass is 16.5. The fourth-order valence-corrected chi connectivity index (χ4v) is 3.20. The molecule has 0 bridgehead atoms. The number of nitrogens with zero attached hydrogens (tertiary/aromatic N) is 2. The van der Waals surface area contributed by atoms with Crippen LogP contribution in [0.5, 0.6) is 0 Å². The van der Waals surface area contributed by atoms with E-state index in [1.54, 1.807) is 30.7 Å². The number of aryl methyl sites for hydroxylation is 2. The first kappa shape index (κ1) is 15.7. The number of hydrogen-bond acceptors (Lipinski definition) is 5. The van der Waals surface area contributed by atoms with Gasteiger partial charge in [-0.3, -0.25) is 9.78 Å². The summed E-state index contributed by atoms with van der Waals surface area (Å²) >= 11 is 0. The van der Waals surface area contributed by atoms with Crippen LogP contribution in [-0.4, -0.2) is 35.3 Å². The number of carbonyl (C=O) groups excluding carboxylic acids is 1. The summed E-state index contributed by atoms with van der Waals surface area (Å²) in [5, 5.41) is 1.06. The largest absolute Gasteiger partial charge is 0.465 e. The molecule has 1 atom stereocenters. The lowest BCUT2D eigenvalue weighted by Crippen LogP contribution is -2.27. The number of carbonyl (C=O) groups is 1. The summed E-state index contributed by atoms with van der Waals surface area (Å²) in [5.74, 6) is -0.476. The molecule has 0 spiro atoms. The summed E-state index contributed by atoms with van der Waals surface area (Å²) in [6.45, 7) is 4.81. The summed E-state index contributed by atoms with van der Waals surface area (Å²) in [4.78, 5) is 29.2. The van der Waals surface area contributed by atoms with Crippen molar-refractivity contribution in [3.05, 3.63) is 39.6 Å². The Bertz CT molecular complexity index is 819. The molecule has 2 aromatic heterocycles. The van der Waals surface area contributed by atoms with Crippen LogP contribution in [0.4, 0.5) is 0 Å². The van der Waals surface area contributed by atoms with Crippen molar-refractivity contribution in [2.45, 2.75) is 39.3 Å². The van der Waals surface area contributed by atoms with Gasteiger partial charge >= 0.3 is 5.97 Å². The number of ether oxygens (including phenoxy) is 2. The van der Waals surface area contributed by atoms with E-state index in [0.29, 0.717) is 34.3 Å². The van der Waals surface area contributed by atoms with Crippen molar-refractivity contribution in [3.63, 3.8) is 0 Å². The van der Waals surface area contributed by atoms with Crippen molar-refractivity contribution in [1.29, 1.82) is 0 Å². The lowest BCUT2D eigenvalue weighted by atomic mass is 10.0. The second-order valence-electron chi connectivity index (χ2n) is 5.85. The van der Waals surface area contributed by atoms with Crippen LogP contribution < -0.4 is 5.56 Å². The first-order valence-corrected chi connectivity index (χ1v) is 7.73. The summed E-state index contributed by atoms with van der Waals surface area (Å²) in [6, 6.07) is 1.79. The molecule has 2 aromatic rings. The number of fused-ring (bicyclic) bond motifs is 1. The molecule has 3 heterocycles. The molecule has 0 aromatic carbocycles. The van der Waals surface area contributed by atoms with Crippen LogP contribution in [0.3, 0.4) is 0 Å². The third-order valence-corrected chi connectivity index (χ3v) is 4.31. The molecular formula is C17H20N2O4. The molecule has 0 saturated carbocycles. The second-order valence-corrected chi connectivity index (χ2v) is 5.85. The molecular weight excluding hydrogens is 296 g/mol. The fourth-order valence-electron chi connectivity index (χ4n) is 3.20. The Hall–Kier alpha value is -2.21. The topological polar surface area (TPSA) is 70.4 Å². The van der Waals surface area contributed by atoms with Crippen LogP contribution in [0.2, 0.25) is 0 Å². The van der Waals surface area contributed by atoms with Gasteiger partial charge in [0.1, 0.15) is 0 Å². The van der Waals surface area contributed by atoms with Gasteiger partial charge in [0.2, 0.25) is 0 Å². The number of aromatic nitrogens is 2. The summed E-state index contributed by atoms with van der Waals surface area (Å²) in [7, 11) is 1.33. The minimum Gasteiger partial charge on any atom is -0.465 e. The van der Waals surface area contributed by atoms with Crippen LogP contribution in [0.15, 0.2) is 17.1 Å². The molecule has 1 fully saturated rings. The van der Waals surface area contributed by atoms with Crippen molar-refractivity contribution in [3.8, 4) is 0 Å². The van der Waals surface area contributed by atoms with Crippen LogP contribution in [0.25, 0.3) is 10.8 Å². The Morgan fingerprint density at radius 2 is 2.22 bits per heavy atom. The van der Waals surface area contributed by atoms with E-state index in [0.717, 1.165) is 19.4 Å². The zero-order valence-electron chi connectivity index (χ0n) is 13.6. The second kappa shape index (κ2) is 6.12. The van der Waals surface area contributed by atoms with E-state index in [2.05, 4.69) is 4.98 Å². The van der Waals surface area contributed by atoms with Crippen LogP contribution in [-0.2, 0) is 16.0 Å². The SMILES string of the molecule is COC(=O)c1c(C)nc(C)c2c(=O)n(CC3CCCO3)ccc12. The van der Waals surface area contributed by atoms with E-state index in [9.17, 15) is 9.59 Å². The Morgan fingerprint density at radius 1 is 1.43 bits per heavy atom. The average molecular weight is 316 g/mol. The van der Waals surface area contributed by atoms with Gasteiger partial charge in [-0.15, -0.1) is 0 Å². The van der Waals surface area contributed by atoms with E-state index in [1.165, 1.54) is 7.11 Å². The lowest BCUT2D eigenvalue weighted by Gasteiger charge is -2.15. The van der Waals surface area contributed by atoms with Gasteiger partial charge in [-0.2, -0.15) is 0 Å². The molecule has 0 aliphatic carbocycles. The van der Waals surface area contributed by atoms with Gasteiger partial charge < -0.3 is 14.0 Å². The van der Waals surface area contributed by atoms with E-state index in [4.69, 9.17) is 9.47 Å². The molecule has 6 nitrogen and oxygen atoms in total. The Morgan fingerprint density at radius 3 is 2.87 bits per heavy atom. The third-order valence-electron chi connectivity index (χ3n) is 4.31. The number of methoxy groups -OCH3 is 1. The predicted molar refractivity (Wildman–Crippen MR) is 85.8 cm³/mol. The van der Waals surface area contributed by atoms with E-state index >= 15 is 0 Å².